The van der Waals surface area contributed by atoms with Gasteiger partial charge in [-0.3, -0.25) is 0 Å². The average Bonchev–Trinajstić information content (AvgIpc) is 2.79. The van der Waals surface area contributed by atoms with Gasteiger partial charge in [0.05, 0.1) is 14.2 Å². The fourth-order valence-electron chi connectivity index (χ4n) is 1.82. The smallest absolute Gasteiger partial charge is 0.292 e. The molecule has 2 N–H and O–H groups in total. The maximum Gasteiger partial charge on any atom is 0.292 e. The van der Waals surface area contributed by atoms with E-state index in [1.54, 1.807) is 14.2 Å². The summed E-state index contributed by atoms with van der Waals surface area (Å²) in [5.74, 6) is 2.17. The summed E-state index contributed by atoms with van der Waals surface area (Å²) < 4.78 is 15.9. The molecule has 1 aromatic carbocycles. The minimum absolute atomic E-state index is 0.159. The number of anilines is 1. The molecule has 0 unspecified atom stereocenters. The van der Waals surface area contributed by atoms with Crippen LogP contribution in [0, 0.1) is 0 Å². The van der Waals surface area contributed by atoms with Crippen molar-refractivity contribution in [2.45, 2.75) is 13.3 Å². The van der Waals surface area contributed by atoms with Crippen LogP contribution >= 0.6 is 0 Å². The quantitative estimate of drug-likeness (QED) is 0.900. The van der Waals surface area contributed by atoms with Crippen LogP contribution in [0.15, 0.2) is 22.6 Å². The van der Waals surface area contributed by atoms with Crippen LogP contribution in [0.1, 0.15) is 12.7 Å². The Balaban J connectivity index is 2.60. The molecular formula is C13H16N2O3. The van der Waals surface area contributed by atoms with Crippen molar-refractivity contribution in [2.24, 2.45) is 0 Å². The van der Waals surface area contributed by atoms with Crippen molar-refractivity contribution in [3.05, 3.63) is 24.0 Å². The monoisotopic (exact) mass is 248 g/mol. The van der Waals surface area contributed by atoms with Crippen molar-refractivity contribution >= 4 is 6.01 Å². The molecule has 0 spiro atoms. The van der Waals surface area contributed by atoms with Crippen LogP contribution in [0.4, 0.5) is 6.01 Å². The number of rotatable bonds is 4. The summed E-state index contributed by atoms with van der Waals surface area (Å²) in [5, 5.41) is 0. The summed E-state index contributed by atoms with van der Waals surface area (Å²) in [6, 6.07) is 5.68. The van der Waals surface area contributed by atoms with Gasteiger partial charge in [0.1, 0.15) is 23.0 Å². The normalized spacial score (nSPS) is 10.4. The van der Waals surface area contributed by atoms with Crippen molar-refractivity contribution in [3.8, 4) is 22.8 Å². The summed E-state index contributed by atoms with van der Waals surface area (Å²) >= 11 is 0. The Kier molecular flexibility index (Phi) is 3.41. The Bertz CT molecular complexity index is 549. The molecule has 0 aliphatic heterocycles. The first kappa shape index (κ1) is 12.3. The molecule has 0 aliphatic carbocycles. The number of methoxy groups -OCH3 is 2. The van der Waals surface area contributed by atoms with E-state index in [-0.39, 0.29) is 6.01 Å². The molecule has 1 aromatic heterocycles. The van der Waals surface area contributed by atoms with E-state index in [2.05, 4.69) is 4.98 Å². The number of hydrogen-bond donors (Lipinski definition) is 1. The molecule has 0 saturated heterocycles. The van der Waals surface area contributed by atoms with E-state index in [1.165, 1.54) is 0 Å². The average molecular weight is 248 g/mol. The lowest BCUT2D eigenvalue weighted by Gasteiger charge is -2.09. The number of hydrogen-bond acceptors (Lipinski definition) is 5. The van der Waals surface area contributed by atoms with Gasteiger partial charge in [-0.25, -0.2) is 0 Å². The Morgan fingerprint density at radius 1 is 1.28 bits per heavy atom. The van der Waals surface area contributed by atoms with Crippen LogP contribution in [-0.2, 0) is 6.42 Å². The van der Waals surface area contributed by atoms with Gasteiger partial charge < -0.3 is 19.6 Å². The number of nitrogen functional groups attached to an aromatic ring is 1. The zero-order valence-corrected chi connectivity index (χ0v) is 10.7. The van der Waals surface area contributed by atoms with Crippen molar-refractivity contribution in [3.63, 3.8) is 0 Å². The van der Waals surface area contributed by atoms with Crippen LogP contribution in [0.5, 0.6) is 11.5 Å². The summed E-state index contributed by atoms with van der Waals surface area (Å²) in [6.07, 6.45) is 0.708. The van der Waals surface area contributed by atoms with Crippen LogP contribution in [0.3, 0.4) is 0 Å². The third kappa shape index (κ3) is 2.11. The van der Waals surface area contributed by atoms with Gasteiger partial charge in [-0.05, 0) is 18.2 Å². The molecule has 2 aromatic rings. The maximum atomic E-state index is 5.60. The standard InChI is InChI=1S/C13H16N2O3/c1-4-10-12(15-13(14)18-10)9-7-8(16-2)5-6-11(9)17-3/h5-7H,4H2,1-3H3,(H2,14,15). The zero-order valence-electron chi connectivity index (χ0n) is 10.7. The van der Waals surface area contributed by atoms with Gasteiger partial charge in [0, 0.05) is 12.0 Å². The zero-order chi connectivity index (χ0) is 13.1. The molecule has 0 radical (unpaired) electrons. The highest BCUT2D eigenvalue weighted by molar-refractivity contribution is 5.71. The fraction of sp³-hybridized carbons (Fsp3) is 0.308. The van der Waals surface area contributed by atoms with E-state index in [0.29, 0.717) is 17.9 Å². The van der Waals surface area contributed by atoms with Gasteiger partial charge in [0.25, 0.3) is 6.01 Å². The van der Waals surface area contributed by atoms with Gasteiger partial charge in [-0.1, -0.05) is 6.92 Å². The van der Waals surface area contributed by atoms with Gasteiger partial charge in [0.15, 0.2) is 0 Å². The number of ether oxygens (including phenoxy) is 2. The summed E-state index contributed by atoms with van der Waals surface area (Å²) in [7, 11) is 3.23. The number of benzene rings is 1. The minimum atomic E-state index is 0.159. The van der Waals surface area contributed by atoms with Gasteiger partial charge >= 0.3 is 0 Å². The lowest BCUT2D eigenvalue weighted by atomic mass is 10.1. The molecule has 5 heteroatoms. The van der Waals surface area contributed by atoms with Crippen molar-refractivity contribution in [1.29, 1.82) is 0 Å². The van der Waals surface area contributed by atoms with Crippen LogP contribution in [-0.4, -0.2) is 19.2 Å². The van der Waals surface area contributed by atoms with Crippen molar-refractivity contribution in [2.75, 3.05) is 20.0 Å². The summed E-state index contributed by atoms with van der Waals surface area (Å²) in [4.78, 5) is 4.21. The molecule has 0 aliphatic rings. The van der Waals surface area contributed by atoms with Gasteiger partial charge in [-0.2, -0.15) is 4.98 Å². The minimum Gasteiger partial charge on any atom is -0.497 e. The second kappa shape index (κ2) is 5.00. The molecule has 0 atom stereocenters. The second-order valence-corrected chi connectivity index (χ2v) is 3.74. The van der Waals surface area contributed by atoms with Crippen LogP contribution in [0.25, 0.3) is 11.3 Å². The third-order valence-corrected chi connectivity index (χ3v) is 2.70. The molecule has 2 rings (SSSR count). The molecule has 18 heavy (non-hydrogen) atoms. The lowest BCUT2D eigenvalue weighted by molar-refractivity contribution is 0.404. The first-order valence-corrected chi connectivity index (χ1v) is 5.67. The molecular weight excluding hydrogens is 232 g/mol. The highest BCUT2D eigenvalue weighted by atomic mass is 16.5. The van der Waals surface area contributed by atoms with Gasteiger partial charge in [-0.15, -0.1) is 0 Å². The SMILES string of the molecule is CCc1oc(N)nc1-c1cc(OC)ccc1OC. The predicted molar refractivity (Wildman–Crippen MR) is 68.8 cm³/mol. The highest BCUT2D eigenvalue weighted by Crippen LogP contribution is 2.35. The predicted octanol–water partition coefficient (Wildman–Crippen LogP) is 2.50. The number of nitrogens with two attached hydrogens (primary N) is 1. The Morgan fingerprint density at radius 2 is 2.06 bits per heavy atom. The van der Waals surface area contributed by atoms with E-state index in [9.17, 15) is 0 Å². The molecule has 1 heterocycles. The Labute approximate surface area is 106 Å². The third-order valence-electron chi connectivity index (χ3n) is 2.70. The first-order chi connectivity index (χ1) is 8.69. The largest absolute Gasteiger partial charge is 0.497 e. The fourth-order valence-corrected chi connectivity index (χ4v) is 1.82. The van der Waals surface area contributed by atoms with Gasteiger partial charge in [0.2, 0.25) is 0 Å². The molecule has 96 valence electrons. The Morgan fingerprint density at radius 3 is 2.67 bits per heavy atom. The number of nitrogens with zero attached hydrogens (tertiary/aromatic N) is 1. The van der Waals surface area contributed by atoms with Crippen molar-refractivity contribution in [1.82, 2.24) is 4.98 Å². The molecule has 0 amide bonds. The van der Waals surface area contributed by atoms with E-state index in [0.717, 1.165) is 17.1 Å². The molecule has 5 nitrogen and oxygen atoms in total. The van der Waals surface area contributed by atoms with Crippen molar-refractivity contribution < 1.29 is 13.9 Å². The summed E-state index contributed by atoms with van der Waals surface area (Å²) in [5.41, 5.74) is 7.12. The number of oxazole rings is 1. The Hall–Kier alpha value is -2.17. The van der Waals surface area contributed by atoms with E-state index >= 15 is 0 Å². The first-order valence-electron chi connectivity index (χ1n) is 5.67. The topological polar surface area (TPSA) is 70.5 Å². The second-order valence-electron chi connectivity index (χ2n) is 3.74. The molecule has 0 saturated carbocycles. The lowest BCUT2D eigenvalue weighted by Crippen LogP contribution is -1.93. The summed E-state index contributed by atoms with van der Waals surface area (Å²) in [6.45, 7) is 1.98. The van der Waals surface area contributed by atoms with Crippen LogP contribution in [0.2, 0.25) is 0 Å². The van der Waals surface area contributed by atoms with E-state index in [4.69, 9.17) is 19.6 Å². The van der Waals surface area contributed by atoms with Crippen LogP contribution < -0.4 is 15.2 Å². The highest BCUT2D eigenvalue weighted by Gasteiger charge is 2.17. The molecule has 0 bridgehead atoms. The number of aryl methyl sites for hydroxylation is 1. The van der Waals surface area contributed by atoms with E-state index < -0.39 is 0 Å². The van der Waals surface area contributed by atoms with E-state index in [1.807, 2.05) is 25.1 Å². The maximum absolute atomic E-state index is 5.60. The number of aromatic nitrogens is 1. The molecule has 0 fully saturated rings.